The zero-order valence-corrected chi connectivity index (χ0v) is 18.6. The summed E-state index contributed by atoms with van der Waals surface area (Å²) in [5.41, 5.74) is 0.792. The van der Waals surface area contributed by atoms with Gasteiger partial charge in [0.05, 0.1) is 42.8 Å². The van der Waals surface area contributed by atoms with Crippen molar-refractivity contribution in [2.45, 2.75) is 20.0 Å². The molecule has 4 rings (SSSR count). The van der Waals surface area contributed by atoms with Gasteiger partial charge in [-0.05, 0) is 30.4 Å². The number of amidine groups is 1. The molecule has 0 spiro atoms. The number of nitrogens with zero attached hydrogens (tertiary/aromatic N) is 3. The van der Waals surface area contributed by atoms with Crippen molar-refractivity contribution in [3.8, 4) is 5.88 Å². The predicted octanol–water partition coefficient (Wildman–Crippen LogP) is 1.46. The summed E-state index contributed by atoms with van der Waals surface area (Å²) in [6.07, 6.45) is 3.47. The summed E-state index contributed by atoms with van der Waals surface area (Å²) < 4.78 is 16.7. The smallest absolute Gasteiger partial charge is 0.244 e. The number of fused-ring (bicyclic) bond motifs is 1. The van der Waals surface area contributed by atoms with Crippen molar-refractivity contribution in [3.63, 3.8) is 0 Å². The van der Waals surface area contributed by atoms with E-state index in [1.165, 1.54) is 18.3 Å². The Morgan fingerprint density at radius 1 is 1.44 bits per heavy atom. The van der Waals surface area contributed by atoms with E-state index in [4.69, 9.17) is 14.2 Å². The van der Waals surface area contributed by atoms with Crippen molar-refractivity contribution in [2.75, 3.05) is 38.3 Å². The quantitative estimate of drug-likeness (QED) is 0.676. The number of anilines is 1. The summed E-state index contributed by atoms with van der Waals surface area (Å²) >= 11 is 1.35. The third-order valence-electron chi connectivity index (χ3n) is 4.65. The van der Waals surface area contributed by atoms with Gasteiger partial charge in [0, 0.05) is 25.1 Å². The molecule has 1 unspecified atom stereocenters. The van der Waals surface area contributed by atoms with Gasteiger partial charge in [-0.25, -0.2) is 4.99 Å². The topological polar surface area (TPSA) is 115 Å². The molecule has 1 aromatic carbocycles. The first kappa shape index (κ1) is 22.1. The summed E-state index contributed by atoms with van der Waals surface area (Å²) in [7, 11) is 0. The molecule has 1 saturated heterocycles. The number of aliphatic imine (C=N–C) groups is 1. The van der Waals surface area contributed by atoms with Gasteiger partial charge in [0.1, 0.15) is 5.76 Å². The highest BCUT2D eigenvalue weighted by Crippen LogP contribution is 2.28. The van der Waals surface area contributed by atoms with Crippen molar-refractivity contribution >= 4 is 40.0 Å². The second-order valence-corrected chi connectivity index (χ2v) is 8.15. The highest BCUT2D eigenvalue weighted by atomic mass is 32.1. The number of hydrogen-bond acceptors (Lipinski definition) is 8. The van der Waals surface area contributed by atoms with Gasteiger partial charge in [0.15, 0.2) is 11.0 Å². The predicted molar refractivity (Wildman–Crippen MR) is 121 cm³/mol. The first-order valence-electron chi connectivity index (χ1n) is 10.3. The lowest BCUT2D eigenvalue weighted by Gasteiger charge is -2.22. The van der Waals surface area contributed by atoms with Gasteiger partial charge in [-0.15, -0.1) is 0 Å². The Balaban J connectivity index is 1.59. The molecule has 3 heterocycles. The van der Waals surface area contributed by atoms with E-state index in [9.17, 15) is 9.90 Å². The second-order valence-electron chi connectivity index (χ2n) is 7.12. The maximum Gasteiger partial charge on any atom is 0.244 e. The number of aromatic hydroxyl groups is 1. The first-order chi connectivity index (χ1) is 15.5. The van der Waals surface area contributed by atoms with Crippen molar-refractivity contribution in [2.24, 2.45) is 9.98 Å². The molecule has 9 nitrogen and oxygen atoms in total. The van der Waals surface area contributed by atoms with E-state index in [0.717, 1.165) is 10.8 Å². The summed E-state index contributed by atoms with van der Waals surface area (Å²) in [5.74, 6) is 0.542. The van der Waals surface area contributed by atoms with Gasteiger partial charge in [-0.2, -0.15) is 9.98 Å². The van der Waals surface area contributed by atoms with Crippen LogP contribution in [0, 0.1) is 0 Å². The fraction of sp³-hybridized carbons (Fsp3) is 0.364. The monoisotopic (exact) mass is 456 g/mol. The van der Waals surface area contributed by atoms with Crippen LogP contribution in [0.5, 0.6) is 5.88 Å². The van der Waals surface area contributed by atoms with Crippen LogP contribution in [0.1, 0.15) is 24.3 Å². The maximum atomic E-state index is 11.3. The van der Waals surface area contributed by atoms with E-state index in [1.807, 2.05) is 31.2 Å². The van der Waals surface area contributed by atoms with E-state index >= 15 is 0 Å². The third-order valence-corrected chi connectivity index (χ3v) is 5.60. The van der Waals surface area contributed by atoms with Crippen LogP contribution >= 0.6 is 11.3 Å². The van der Waals surface area contributed by atoms with E-state index in [2.05, 4.69) is 20.3 Å². The van der Waals surface area contributed by atoms with Crippen LogP contribution in [0.2, 0.25) is 0 Å². The lowest BCUT2D eigenvalue weighted by atomic mass is 10.1. The maximum absolute atomic E-state index is 11.3. The SMILES string of the molecule is CCOC1=CC(=NC(C)=O)N=c2cc/c(=C\c3sc(NCC4COCCO4)nc3O)cc21. The average molecular weight is 457 g/mol. The summed E-state index contributed by atoms with van der Waals surface area (Å²) in [6.45, 7) is 6.03. The fourth-order valence-corrected chi connectivity index (χ4v) is 4.11. The number of carbonyl (C=O) groups excluding carboxylic acids is 1. The molecular weight excluding hydrogens is 432 g/mol. The first-order valence-corrected chi connectivity index (χ1v) is 11.1. The van der Waals surface area contributed by atoms with Gasteiger partial charge >= 0.3 is 0 Å². The van der Waals surface area contributed by atoms with Crippen LogP contribution in [0.15, 0.2) is 34.3 Å². The Labute approximate surface area is 188 Å². The number of carbonyl (C=O) groups is 1. The number of thiazole rings is 1. The highest BCUT2D eigenvalue weighted by Gasteiger charge is 2.16. The molecule has 32 heavy (non-hydrogen) atoms. The molecule has 1 amide bonds. The number of hydrogen-bond donors (Lipinski definition) is 2. The standard InChI is InChI=1S/C22H24N4O5S/c1-3-30-18-10-20(24-13(2)27)25-17-5-4-14(8-16(17)18)9-19-21(28)26-22(32-19)23-11-15-12-29-6-7-31-15/h4-5,8-10,15,28H,3,6-7,11-12H2,1-2H3,(H,23,26)/b14-9+,24-20?. The second kappa shape index (κ2) is 10.0. The fourth-order valence-electron chi connectivity index (χ4n) is 3.28. The van der Waals surface area contributed by atoms with Crippen LogP contribution < -0.4 is 15.9 Å². The normalized spacial score (nSPS) is 19.8. The van der Waals surface area contributed by atoms with Crippen LogP contribution in [0.3, 0.4) is 0 Å². The number of ether oxygens (including phenoxy) is 3. The summed E-state index contributed by atoms with van der Waals surface area (Å²) in [6, 6.07) is 5.63. The molecule has 0 radical (unpaired) electrons. The lowest BCUT2D eigenvalue weighted by Crippen LogP contribution is -2.34. The van der Waals surface area contributed by atoms with E-state index in [1.54, 1.807) is 6.08 Å². The van der Waals surface area contributed by atoms with Crippen LogP contribution in [0.4, 0.5) is 5.13 Å². The van der Waals surface area contributed by atoms with Gasteiger partial charge in [0.25, 0.3) is 0 Å². The zero-order valence-electron chi connectivity index (χ0n) is 17.8. The van der Waals surface area contributed by atoms with E-state index in [0.29, 0.717) is 59.9 Å². The van der Waals surface area contributed by atoms with Crippen molar-refractivity contribution in [1.29, 1.82) is 0 Å². The molecule has 10 heteroatoms. The molecular formula is C22H24N4O5S. The number of nitrogens with one attached hydrogen (secondary N) is 1. The lowest BCUT2D eigenvalue weighted by molar-refractivity contribution is -0.115. The molecule has 168 valence electrons. The molecule has 0 saturated carbocycles. The van der Waals surface area contributed by atoms with Crippen molar-refractivity contribution in [3.05, 3.63) is 45.3 Å². The molecule has 0 aliphatic carbocycles. The van der Waals surface area contributed by atoms with E-state index in [-0.39, 0.29) is 17.9 Å². The van der Waals surface area contributed by atoms with Gasteiger partial charge in [-0.3, -0.25) is 4.79 Å². The van der Waals surface area contributed by atoms with Crippen LogP contribution in [0.25, 0.3) is 11.8 Å². The van der Waals surface area contributed by atoms with Crippen molar-refractivity contribution in [1.82, 2.24) is 4.98 Å². The van der Waals surface area contributed by atoms with Gasteiger partial charge < -0.3 is 24.6 Å². The molecule has 1 fully saturated rings. The van der Waals surface area contributed by atoms with Crippen molar-refractivity contribution < 1.29 is 24.1 Å². The molecule has 2 aliphatic heterocycles. The molecule has 1 aromatic heterocycles. The minimum Gasteiger partial charge on any atom is -0.493 e. The Hall–Kier alpha value is -3.08. The number of benzene rings is 1. The Bertz CT molecular complexity index is 1180. The average Bonchev–Trinajstić information content (AvgIpc) is 3.12. The molecule has 0 bridgehead atoms. The van der Waals surface area contributed by atoms with E-state index < -0.39 is 0 Å². The molecule has 1 atom stereocenters. The van der Waals surface area contributed by atoms with Crippen LogP contribution in [-0.2, 0) is 19.0 Å². The summed E-state index contributed by atoms with van der Waals surface area (Å²) in [5, 5.41) is 15.6. The zero-order chi connectivity index (χ0) is 22.5. The highest BCUT2D eigenvalue weighted by molar-refractivity contribution is 7.16. The molecule has 2 aliphatic rings. The van der Waals surface area contributed by atoms with Gasteiger partial charge in [0.2, 0.25) is 11.8 Å². The van der Waals surface area contributed by atoms with Crippen LogP contribution in [-0.4, -0.2) is 60.9 Å². The number of aromatic nitrogens is 1. The Morgan fingerprint density at radius 2 is 2.31 bits per heavy atom. The largest absolute Gasteiger partial charge is 0.493 e. The summed E-state index contributed by atoms with van der Waals surface area (Å²) in [4.78, 5) is 24.5. The van der Waals surface area contributed by atoms with Gasteiger partial charge in [-0.1, -0.05) is 17.4 Å². The third kappa shape index (κ3) is 5.39. The molecule has 2 aromatic rings. The minimum atomic E-state index is -0.322. The Kier molecular flexibility index (Phi) is 6.93. The molecule has 2 N–H and O–H groups in total. The minimum absolute atomic E-state index is 0.0353. The number of rotatable bonds is 6. The number of amides is 1. The Morgan fingerprint density at radius 3 is 3.06 bits per heavy atom.